The standard InChI is InChI=1S/C31H29N7O3/c1-18-20(4-3-5-24(18)36-30(40)25-10-11-33-17-34-25)21-8-9-23(29(32)39)28-27(21)22-7-6-19(16-26(22)35-28)31(41)38-14-12-37(2)13-15-38/h3-11,16-17,35H,12-15H2,1-2H3,(H2,32,39)(H,36,40). The van der Waals surface area contributed by atoms with Gasteiger partial charge in [-0.15, -0.1) is 0 Å². The molecule has 0 unspecified atom stereocenters. The molecule has 3 heterocycles. The second-order valence-corrected chi connectivity index (χ2v) is 10.3. The number of nitrogens with two attached hydrogens (primary N) is 1. The van der Waals surface area contributed by atoms with E-state index in [1.54, 1.807) is 12.1 Å². The number of primary amides is 1. The van der Waals surface area contributed by atoms with E-state index < -0.39 is 5.91 Å². The molecule has 5 aromatic rings. The Kier molecular flexibility index (Phi) is 6.68. The SMILES string of the molecule is Cc1c(NC(=O)c2ccncn2)cccc1-c1ccc(C(N)=O)c2[nH]c3cc(C(=O)N4CCN(C)CC4)ccc3c12. The smallest absolute Gasteiger partial charge is 0.274 e. The summed E-state index contributed by atoms with van der Waals surface area (Å²) in [6.07, 6.45) is 2.85. The second-order valence-electron chi connectivity index (χ2n) is 10.3. The van der Waals surface area contributed by atoms with Gasteiger partial charge in [-0.25, -0.2) is 9.97 Å². The van der Waals surface area contributed by atoms with Gasteiger partial charge in [0.05, 0.1) is 11.1 Å². The molecular formula is C31H29N7O3. The first-order chi connectivity index (χ1) is 19.8. The van der Waals surface area contributed by atoms with E-state index in [1.165, 1.54) is 12.5 Å². The first-order valence-corrected chi connectivity index (χ1v) is 13.3. The Hall–Kier alpha value is -5.09. The number of fused-ring (bicyclic) bond motifs is 3. The van der Waals surface area contributed by atoms with Crippen LogP contribution in [-0.2, 0) is 0 Å². The summed E-state index contributed by atoms with van der Waals surface area (Å²) >= 11 is 0. The number of hydrogen-bond donors (Lipinski definition) is 3. The summed E-state index contributed by atoms with van der Waals surface area (Å²) in [6.45, 7) is 4.96. The molecule has 10 nitrogen and oxygen atoms in total. The average Bonchev–Trinajstić information content (AvgIpc) is 3.37. The maximum absolute atomic E-state index is 13.3. The fraction of sp³-hybridized carbons (Fsp3) is 0.194. The van der Waals surface area contributed by atoms with Gasteiger partial charge in [0.1, 0.15) is 12.0 Å². The molecule has 0 saturated carbocycles. The molecule has 0 aliphatic carbocycles. The molecule has 1 aliphatic heterocycles. The number of nitrogens with one attached hydrogen (secondary N) is 2. The van der Waals surface area contributed by atoms with E-state index in [-0.39, 0.29) is 17.5 Å². The summed E-state index contributed by atoms with van der Waals surface area (Å²) < 4.78 is 0. The molecule has 1 saturated heterocycles. The molecule has 0 radical (unpaired) electrons. The Morgan fingerprint density at radius 1 is 0.976 bits per heavy atom. The fourth-order valence-corrected chi connectivity index (χ4v) is 5.44. The number of piperazine rings is 1. The highest BCUT2D eigenvalue weighted by atomic mass is 16.2. The van der Waals surface area contributed by atoms with Gasteiger partial charge >= 0.3 is 0 Å². The van der Waals surface area contributed by atoms with Gasteiger partial charge in [-0.1, -0.05) is 24.3 Å². The number of anilines is 1. The molecule has 1 aliphatic rings. The molecule has 41 heavy (non-hydrogen) atoms. The van der Waals surface area contributed by atoms with Crippen LogP contribution in [0.15, 0.2) is 67.1 Å². The molecular weight excluding hydrogens is 518 g/mol. The monoisotopic (exact) mass is 547 g/mol. The van der Waals surface area contributed by atoms with E-state index in [0.717, 1.165) is 46.1 Å². The molecule has 0 bridgehead atoms. The van der Waals surface area contributed by atoms with E-state index in [9.17, 15) is 14.4 Å². The van der Waals surface area contributed by atoms with Crippen LogP contribution in [0.1, 0.15) is 36.8 Å². The van der Waals surface area contributed by atoms with Crippen molar-refractivity contribution in [2.45, 2.75) is 6.92 Å². The van der Waals surface area contributed by atoms with Crippen LogP contribution >= 0.6 is 0 Å². The zero-order valence-electron chi connectivity index (χ0n) is 22.8. The second kappa shape index (κ2) is 10.5. The molecule has 2 aromatic heterocycles. The number of amides is 3. The topological polar surface area (TPSA) is 137 Å². The summed E-state index contributed by atoms with van der Waals surface area (Å²) in [7, 11) is 2.05. The van der Waals surface area contributed by atoms with Crippen LogP contribution in [0.25, 0.3) is 32.9 Å². The summed E-state index contributed by atoms with van der Waals surface area (Å²) in [4.78, 5) is 53.8. The zero-order valence-corrected chi connectivity index (χ0v) is 22.8. The molecule has 10 heteroatoms. The largest absolute Gasteiger partial charge is 0.366 e. The normalized spacial score (nSPS) is 14.0. The highest BCUT2D eigenvalue weighted by Gasteiger charge is 2.23. The van der Waals surface area contributed by atoms with Gasteiger partial charge in [-0.3, -0.25) is 14.4 Å². The maximum atomic E-state index is 13.3. The third-order valence-corrected chi connectivity index (χ3v) is 7.74. The number of aromatic nitrogens is 3. The molecule has 3 amide bonds. The lowest BCUT2D eigenvalue weighted by molar-refractivity contribution is 0.0664. The summed E-state index contributed by atoms with van der Waals surface area (Å²) in [5.41, 5.74) is 11.5. The number of aromatic amines is 1. The minimum absolute atomic E-state index is 0.0167. The van der Waals surface area contributed by atoms with Crippen LogP contribution < -0.4 is 11.1 Å². The molecule has 206 valence electrons. The number of hydrogen-bond acceptors (Lipinski definition) is 6. The van der Waals surface area contributed by atoms with Gasteiger partial charge < -0.3 is 25.8 Å². The summed E-state index contributed by atoms with van der Waals surface area (Å²) in [5.74, 6) is -0.909. The predicted molar refractivity (Wildman–Crippen MR) is 158 cm³/mol. The molecule has 3 aromatic carbocycles. The Labute approximate surface area is 236 Å². The van der Waals surface area contributed by atoms with Crippen molar-refractivity contribution < 1.29 is 14.4 Å². The maximum Gasteiger partial charge on any atom is 0.274 e. The number of rotatable bonds is 5. The lowest BCUT2D eigenvalue weighted by Crippen LogP contribution is -2.47. The van der Waals surface area contributed by atoms with Crippen LogP contribution in [-0.4, -0.2) is 75.7 Å². The van der Waals surface area contributed by atoms with E-state index in [2.05, 4.69) is 32.2 Å². The van der Waals surface area contributed by atoms with E-state index in [0.29, 0.717) is 35.4 Å². The zero-order chi connectivity index (χ0) is 28.7. The predicted octanol–water partition coefficient (Wildman–Crippen LogP) is 3.83. The summed E-state index contributed by atoms with van der Waals surface area (Å²) in [6, 6.07) is 16.4. The van der Waals surface area contributed by atoms with Gasteiger partial charge in [0, 0.05) is 59.9 Å². The number of H-pyrrole nitrogens is 1. The minimum Gasteiger partial charge on any atom is -0.366 e. The van der Waals surface area contributed by atoms with Crippen molar-refractivity contribution in [3.8, 4) is 11.1 Å². The molecule has 0 atom stereocenters. The van der Waals surface area contributed by atoms with E-state index in [4.69, 9.17) is 5.73 Å². The van der Waals surface area contributed by atoms with Gasteiger partial charge in [-0.05, 0) is 61.0 Å². The number of benzene rings is 3. The van der Waals surface area contributed by atoms with Crippen molar-refractivity contribution in [2.75, 3.05) is 38.5 Å². The molecule has 6 rings (SSSR count). The number of carbonyl (C=O) groups is 3. The Morgan fingerprint density at radius 3 is 2.51 bits per heavy atom. The van der Waals surface area contributed by atoms with Crippen LogP contribution in [0.4, 0.5) is 5.69 Å². The van der Waals surface area contributed by atoms with Gasteiger partial charge in [-0.2, -0.15) is 0 Å². The fourth-order valence-electron chi connectivity index (χ4n) is 5.44. The third kappa shape index (κ3) is 4.78. The highest BCUT2D eigenvalue weighted by molar-refractivity contribution is 6.20. The number of nitrogens with zero attached hydrogens (tertiary/aromatic N) is 4. The van der Waals surface area contributed by atoms with Crippen molar-refractivity contribution in [2.24, 2.45) is 5.73 Å². The first kappa shape index (κ1) is 26.1. The lowest BCUT2D eigenvalue weighted by Gasteiger charge is -2.32. The Morgan fingerprint density at radius 2 is 1.78 bits per heavy atom. The van der Waals surface area contributed by atoms with Crippen LogP contribution in [0.5, 0.6) is 0 Å². The van der Waals surface area contributed by atoms with Gasteiger partial charge in [0.15, 0.2) is 0 Å². The van der Waals surface area contributed by atoms with Crippen LogP contribution in [0.3, 0.4) is 0 Å². The molecule has 0 spiro atoms. The van der Waals surface area contributed by atoms with Crippen molar-refractivity contribution in [3.63, 3.8) is 0 Å². The summed E-state index contributed by atoms with van der Waals surface area (Å²) in [5, 5.41) is 4.62. The van der Waals surface area contributed by atoms with Crippen LogP contribution in [0.2, 0.25) is 0 Å². The number of likely N-dealkylation sites (N-methyl/N-ethyl adjacent to an activating group) is 1. The Balaban J connectivity index is 1.44. The third-order valence-electron chi connectivity index (χ3n) is 7.74. The lowest BCUT2D eigenvalue weighted by atomic mass is 9.93. The number of carbonyl (C=O) groups excluding carboxylic acids is 3. The average molecular weight is 548 g/mol. The molecule has 1 fully saturated rings. The van der Waals surface area contributed by atoms with Crippen LogP contribution in [0, 0.1) is 6.92 Å². The van der Waals surface area contributed by atoms with Gasteiger partial charge in [0.2, 0.25) is 0 Å². The van der Waals surface area contributed by atoms with Crippen molar-refractivity contribution in [3.05, 3.63) is 89.5 Å². The highest BCUT2D eigenvalue weighted by Crippen LogP contribution is 2.39. The van der Waals surface area contributed by atoms with Gasteiger partial charge in [0.25, 0.3) is 17.7 Å². The minimum atomic E-state index is -0.551. The quantitative estimate of drug-likeness (QED) is 0.306. The van der Waals surface area contributed by atoms with Crippen molar-refractivity contribution >= 4 is 45.2 Å². The van der Waals surface area contributed by atoms with E-state index >= 15 is 0 Å². The van der Waals surface area contributed by atoms with Crippen molar-refractivity contribution in [1.29, 1.82) is 0 Å². The van der Waals surface area contributed by atoms with E-state index in [1.807, 2.05) is 54.3 Å². The molecule has 4 N–H and O–H groups in total. The Bertz CT molecular complexity index is 1820. The first-order valence-electron chi connectivity index (χ1n) is 13.3. The van der Waals surface area contributed by atoms with Crippen molar-refractivity contribution in [1.82, 2.24) is 24.8 Å².